The Balaban J connectivity index is 1.55. The molecule has 1 aliphatic carbocycles. The summed E-state index contributed by atoms with van der Waals surface area (Å²) >= 11 is 0. The van der Waals surface area contributed by atoms with Crippen molar-refractivity contribution in [1.82, 2.24) is 19.7 Å². The molecule has 6 nitrogen and oxygen atoms in total. The van der Waals surface area contributed by atoms with Crippen LogP contribution >= 0.6 is 0 Å². The lowest BCUT2D eigenvalue weighted by molar-refractivity contribution is 0.246. The maximum Gasteiger partial charge on any atom is 0.227 e. The van der Waals surface area contributed by atoms with E-state index in [1.54, 1.807) is 0 Å². The van der Waals surface area contributed by atoms with Crippen LogP contribution in [0.4, 0.5) is 5.95 Å². The minimum atomic E-state index is 0.855. The molecular weight excluding hydrogens is 278 g/mol. The van der Waals surface area contributed by atoms with Gasteiger partial charge in [0.25, 0.3) is 0 Å². The molecule has 0 unspecified atom stereocenters. The number of anilines is 1. The third-order valence-electron chi connectivity index (χ3n) is 4.79. The zero-order valence-electron chi connectivity index (χ0n) is 13.5. The maximum absolute atomic E-state index is 5.62. The van der Waals surface area contributed by atoms with Crippen LogP contribution in [0, 0.1) is 13.8 Å². The van der Waals surface area contributed by atoms with Crippen LogP contribution in [-0.4, -0.2) is 51.9 Å². The van der Waals surface area contributed by atoms with Gasteiger partial charge in [-0.05, 0) is 32.8 Å². The summed E-state index contributed by atoms with van der Waals surface area (Å²) in [6, 6.07) is 2.89. The zero-order chi connectivity index (χ0) is 15.3. The lowest BCUT2D eigenvalue weighted by atomic mass is 10.2. The van der Waals surface area contributed by atoms with Crippen LogP contribution in [0.2, 0.25) is 0 Å². The first-order chi connectivity index (χ1) is 10.6. The second-order valence-corrected chi connectivity index (χ2v) is 6.46. The Morgan fingerprint density at radius 3 is 2.41 bits per heavy atom. The Bertz CT molecular complexity index is 677. The molecule has 2 fully saturated rings. The number of furan rings is 1. The van der Waals surface area contributed by atoms with Gasteiger partial charge in [-0.15, -0.1) is 10.2 Å². The summed E-state index contributed by atoms with van der Waals surface area (Å²) in [5.74, 6) is 3.66. The number of piperazine rings is 1. The van der Waals surface area contributed by atoms with Gasteiger partial charge < -0.3 is 9.32 Å². The molecular formula is C16H23N5O. The molecule has 0 amide bonds. The molecule has 1 aliphatic heterocycles. The minimum Gasteiger partial charge on any atom is -0.466 e. The molecule has 1 saturated heterocycles. The fourth-order valence-corrected chi connectivity index (χ4v) is 3.41. The SMILES string of the molecule is Cc1cc(-c2nnc(N3CCN(C4CC4)CC3)n2C)c(C)o1. The van der Waals surface area contributed by atoms with Crippen molar-refractivity contribution in [1.29, 1.82) is 0 Å². The van der Waals surface area contributed by atoms with Crippen molar-refractivity contribution in [2.75, 3.05) is 31.1 Å². The smallest absolute Gasteiger partial charge is 0.227 e. The lowest BCUT2D eigenvalue weighted by Crippen LogP contribution is -2.48. The molecule has 0 radical (unpaired) electrons. The van der Waals surface area contributed by atoms with Gasteiger partial charge in [-0.3, -0.25) is 9.47 Å². The fraction of sp³-hybridized carbons (Fsp3) is 0.625. The summed E-state index contributed by atoms with van der Waals surface area (Å²) < 4.78 is 7.71. The average Bonchev–Trinajstić information content (AvgIpc) is 3.21. The predicted octanol–water partition coefficient (Wildman–Crippen LogP) is 1.98. The second kappa shape index (κ2) is 5.12. The van der Waals surface area contributed by atoms with Crippen LogP contribution in [0.3, 0.4) is 0 Å². The van der Waals surface area contributed by atoms with Crippen molar-refractivity contribution < 1.29 is 4.42 Å². The van der Waals surface area contributed by atoms with E-state index in [4.69, 9.17) is 4.42 Å². The first-order valence-electron chi connectivity index (χ1n) is 8.09. The highest BCUT2D eigenvalue weighted by atomic mass is 16.3. The quantitative estimate of drug-likeness (QED) is 0.867. The van der Waals surface area contributed by atoms with Crippen LogP contribution in [0.5, 0.6) is 0 Å². The van der Waals surface area contributed by atoms with Crippen molar-refractivity contribution >= 4 is 5.95 Å². The highest BCUT2D eigenvalue weighted by Crippen LogP contribution is 2.30. The number of aromatic nitrogens is 3. The molecule has 22 heavy (non-hydrogen) atoms. The third kappa shape index (κ3) is 2.31. The molecule has 4 rings (SSSR count). The van der Waals surface area contributed by atoms with Gasteiger partial charge in [0.1, 0.15) is 11.5 Å². The lowest BCUT2D eigenvalue weighted by Gasteiger charge is -2.35. The van der Waals surface area contributed by atoms with E-state index in [-0.39, 0.29) is 0 Å². The molecule has 1 saturated carbocycles. The molecule has 0 N–H and O–H groups in total. The van der Waals surface area contributed by atoms with E-state index in [9.17, 15) is 0 Å². The van der Waals surface area contributed by atoms with Crippen molar-refractivity contribution in [3.8, 4) is 11.4 Å². The van der Waals surface area contributed by atoms with Gasteiger partial charge in [-0.25, -0.2) is 0 Å². The number of aryl methyl sites for hydroxylation is 2. The zero-order valence-corrected chi connectivity index (χ0v) is 13.5. The molecule has 0 bridgehead atoms. The van der Waals surface area contributed by atoms with Crippen LogP contribution in [0.25, 0.3) is 11.4 Å². The maximum atomic E-state index is 5.62. The molecule has 0 aromatic carbocycles. The summed E-state index contributed by atoms with van der Waals surface area (Å²) in [5.41, 5.74) is 1.04. The Kier molecular flexibility index (Phi) is 3.22. The summed E-state index contributed by atoms with van der Waals surface area (Å²) in [4.78, 5) is 4.95. The van der Waals surface area contributed by atoms with Gasteiger partial charge in [-0.1, -0.05) is 0 Å². The summed E-state index contributed by atoms with van der Waals surface area (Å²) in [6.07, 6.45) is 2.76. The molecule has 6 heteroatoms. The predicted molar refractivity (Wildman–Crippen MR) is 85.0 cm³/mol. The second-order valence-electron chi connectivity index (χ2n) is 6.46. The Hall–Kier alpha value is -1.82. The van der Waals surface area contributed by atoms with Crippen LogP contribution in [-0.2, 0) is 7.05 Å². The molecule has 0 spiro atoms. The van der Waals surface area contributed by atoms with Gasteiger partial charge in [0.2, 0.25) is 5.95 Å². The number of rotatable bonds is 3. The van der Waals surface area contributed by atoms with E-state index in [0.717, 1.165) is 61.1 Å². The minimum absolute atomic E-state index is 0.855. The average molecular weight is 301 g/mol. The van der Waals surface area contributed by atoms with Crippen LogP contribution in [0.1, 0.15) is 24.4 Å². The Labute approximate surface area is 130 Å². The van der Waals surface area contributed by atoms with E-state index in [1.807, 2.05) is 27.0 Å². The molecule has 0 atom stereocenters. The highest BCUT2D eigenvalue weighted by molar-refractivity contribution is 5.60. The Morgan fingerprint density at radius 1 is 1.09 bits per heavy atom. The van der Waals surface area contributed by atoms with E-state index in [1.165, 1.54) is 12.8 Å². The highest BCUT2D eigenvalue weighted by Gasteiger charge is 2.32. The van der Waals surface area contributed by atoms with E-state index in [2.05, 4.69) is 24.6 Å². The summed E-state index contributed by atoms with van der Waals surface area (Å²) in [7, 11) is 2.04. The first kappa shape index (κ1) is 13.8. The van der Waals surface area contributed by atoms with Crippen LogP contribution in [0.15, 0.2) is 10.5 Å². The normalized spacial score (nSPS) is 19.9. The summed E-state index contributed by atoms with van der Waals surface area (Å²) in [5, 5.41) is 8.83. The van der Waals surface area contributed by atoms with E-state index in [0.29, 0.717) is 0 Å². The van der Waals surface area contributed by atoms with Crippen molar-refractivity contribution in [2.24, 2.45) is 7.05 Å². The van der Waals surface area contributed by atoms with Gasteiger partial charge in [0.05, 0.1) is 5.56 Å². The molecule has 3 heterocycles. The van der Waals surface area contributed by atoms with Crippen molar-refractivity contribution in [3.05, 3.63) is 17.6 Å². The third-order valence-corrected chi connectivity index (χ3v) is 4.79. The van der Waals surface area contributed by atoms with Gasteiger partial charge in [0.15, 0.2) is 5.82 Å². The van der Waals surface area contributed by atoms with E-state index >= 15 is 0 Å². The van der Waals surface area contributed by atoms with Gasteiger partial charge in [-0.2, -0.15) is 0 Å². The monoisotopic (exact) mass is 301 g/mol. The molecule has 2 aromatic heterocycles. The van der Waals surface area contributed by atoms with Gasteiger partial charge in [0, 0.05) is 39.3 Å². The van der Waals surface area contributed by atoms with Gasteiger partial charge >= 0.3 is 0 Å². The number of hydrogen-bond donors (Lipinski definition) is 0. The van der Waals surface area contributed by atoms with E-state index < -0.39 is 0 Å². The first-order valence-corrected chi connectivity index (χ1v) is 8.09. The summed E-state index contributed by atoms with van der Waals surface area (Å²) in [6.45, 7) is 8.28. The molecule has 2 aliphatic rings. The van der Waals surface area contributed by atoms with Crippen LogP contribution < -0.4 is 4.90 Å². The number of hydrogen-bond acceptors (Lipinski definition) is 5. The number of nitrogens with zero attached hydrogens (tertiary/aromatic N) is 5. The standard InChI is InChI=1S/C16H23N5O/c1-11-10-14(12(2)22-11)15-17-18-16(19(15)3)21-8-6-20(7-9-21)13-4-5-13/h10,13H,4-9H2,1-3H3. The Morgan fingerprint density at radius 2 is 1.82 bits per heavy atom. The molecule has 2 aromatic rings. The largest absolute Gasteiger partial charge is 0.466 e. The topological polar surface area (TPSA) is 50.3 Å². The fourth-order valence-electron chi connectivity index (χ4n) is 3.41. The van der Waals surface area contributed by atoms with Crippen molar-refractivity contribution in [2.45, 2.75) is 32.7 Å². The molecule has 118 valence electrons. The van der Waals surface area contributed by atoms with Crippen molar-refractivity contribution in [3.63, 3.8) is 0 Å².